The predicted octanol–water partition coefficient (Wildman–Crippen LogP) is 3.94. The average molecular weight is 411 g/mol. The number of hydrogen-bond donors (Lipinski definition) is 3. The first-order chi connectivity index (χ1) is 14.6. The Morgan fingerprint density at radius 3 is 2.57 bits per heavy atom. The molecule has 0 bridgehead atoms. The molecule has 1 amide bonds. The lowest BCUT2D eigenvalue weighted by Gasteiger charge is -2.16. The van der Waals surface area contributed by atoms with E-state index >= 15 is 0 Å². The van der Waals surface area contributed by atoms with Crippen molar-refractivity contribution in [1.29, 1.82) is 0 Å². The van der Waals surface area contributed by atoms with Gasteiger partial charge in [0.05, 0.1) is 13.2 Å². The summed E-state index contributed by atoms with van der Waals surface area (Å²) >= 11 is 0. The first-order valence-corrected chi connectivity index (χ1v) is 10.6. The summed E-state index contributed by atoms with van der Waals surface area (Å²) < 4.78 is 5.80. The van der Waals surface area contributed by atoms with Gasteiger partial charge < -0.3 is 20.7 Å². The number of rotatable bonds is 11. The fourth-order valence-electron chi connectivity index (χ4n) is 2.90. The standard InChI is InChI=1S/C24H34N4O2/c1-4-9-23(29)28-22-13-8-12-21(14-22)16-27-24(25-3)26-15-19(2)17-30-18-20-10-6-5-7-11-20/h5-8,10-14,19H,4,9,15-18H2,1-3H3,(H,28,29)(H2,25,26,27). The molecule has 3 N–H and O–H groups in total. The second-order valence-electron chi connectivity index (χ2n) is 7.41. The number of ether oxygens (including phenoxy) is 1. The van der Waals surface area contributed by atoms with E-state index in [1.165, 1.54) is 5.56 Å². The SMILES string of the molecule is CCCC(=O)Nc1cccc(CNC(=NC)NCC(C)COCc2ccccc2)c1. The molecule has 0 fully saturated rings. The van der Waals surface area contributed by atoms with Crippen molar-refractivity contribution in [2.24, 2.45) is 10.9 Å². The molecule has 0 saturated heterocycles. The van der Waals surface area contributed by atoms with Gasteiger partial charge in [0.25, 0.3) is 0 Å². The van der Waals surface area contributed by atoms with Crippen molar-refractivity contribution in [3.8, 4) is 0 Å². The number of nitrogens with one attached hydrogen (secondary N) is 3. The van der Waals surface area contributed by atoms with Crippen LogP contribution in [0, 0.1) is 5.92 Å². The molecule has 6 heteroatoms. The van der Waals surface area contributed by atoms with Gasteiger partial charge in [0, 0.05) is 32.2 Å². The van der Waals surface area contributed by atoms with Crippen LogP contribution in [0.1, 0.15) is 37.8 Å². The molecular formula is C24H34N4O2. The molecule has 0 saturated carbocycles. The number of amides is 1. The zero-order valence-electron chi connectivity index (χ0n) is 18.3. The molecule has 30 heavy (non-hydrogen) atoms. The largest absolute Gasteiger partial charge is 0.376 e. The Labute approximate surface area is 180 Å². The van der Waals surface area contributed by atoms with Crippen LogP contribution < -0.4 is 16.0 Å². The van der Waals surface area contributed by atoms with Crippen LogP contribution in [0.15, 0.2) is 59.6 Å². The summed E-state index contributed by atoms with van der Waals surface area (Å²) in [6.45, 7) is 6.84. The maximum atomic E-state index is 11.8. The monoisotopic (exact) mass is 410 g/mol. The highest BCUT2D eigenvalue weighted by atomic mass is 16.5. The summed E-state index contributed by atoms with van der Waals surface area (Å²) in [5.74, 6) is 1.14. The van der Waals surface area contributed by atoms with Crippen molar-refractivity contribution in [1.82, 2.24) is 10.6 Å². The number of anilines is 1. The van der Waals surface area contributed by atoms with E-state index in [1.807, 2.05) is 49.4 Å². The number of benzene rings is 2. The number of aliphatic imine (C=N–C) groups is 1. The number of guanidine groups is 1. The molecule has 2 rings (SSSR count). The molecule has 6 nitrogen and oxygen atoms in total. The van der Waals surface area contributed by atoms with Gasteiger partial charge in [-0.15, -0.1) is 0 Å². The molecule has 2 aromatic rings. The Morgan fingerprint density at radius 1 is 1.07 bits per heavy atom. The van der Waals surface area contributed by atoms with Gasteiger partial charge in [0.15, 0.2) is 5.96 Å². The Hall–Kier alpha value is -2.86. The van der Waals surface area contributed by atoms with Gasteiger partial charge in [-0.25, -0.2) is 0 Å². The Morgan fingerprint density at radius 2 is 1.83 bits per heavy atom. The third kappa shape index (κ3) is 9.09. The lowest BCUT2D eigenvalue weighted by atomic mass is 10.2. The fraction of sp³-hybridized carbons (Fsp3) is 0.417. The highest BCUT2D eigenvalue weighted by Gasteiger charge is 2.06. The average Bonchev–Trinajstić information content (AvgIpc) is 2.75. The molecule has 0 aromatic heterocycles. The Balaban J connectivity index is 1.70. The van der Waals surface area contributed by atoms with Gasteiger partial charge in [0.2, 0.25) is 5.91 Å². The van der Waals surface area contributed by atoms with Crippen molar-refractivity contribution in [2.45, 2.75) is 39.8 Å². The second-order valence-corrected chi connectivity index (χ2v) is 7.41. The molecule has 0 aliphatic heterocycles. The lowest BCUT2D eigenvalue weighted by Crippen LogP contribution is -2.39. The smallest absolute Gasteiger partial charge is 0.224 e. The van der Waals surface area contributed by atoms with Crippen molar-refractivity contribution in [2.75, 3.05) is 25.5 Å². The summed E-state index contributed by atoms with van der Waals surface area (Å²) in [4.78, 5) is 16.1. The van der Waals surface area contributed by atoms with Crippen LogP contribution in [0.3, 0.4) is 0 Å². The van der Waals surface area contributed by atoms with Crippen LogP contribution in [0.2, 0.25) is 0 Å². The fourth-order valence-corrected chi connectivity index (χ4v) is 2.90. The van der Waals surface area contributed by atoms with Gasteiger partial charge >= 0.3 is 0 Å². The van der Waals surface area contributed by atoms with E-state index in [-0.39, 0.29) is 5.91 Å². The third-order valence-corrected chi connectivity index (χ3v) is 4.50. The van der Waals surface area contributed by atoms with Crippen LogP contribution in [0.5, 0.6) is 0 Å². The summed E-state index contributed by atoms with van der Waals surface area (Å²) in [7, 11) is 1.76. The van der Waals surface area contributed by atoms with Crippen LogP contribution in [0.25, 0.3) is 0 Å². The number of hydrogen-bond acceptors (Lipinski definition) is 3. The van der Waals surface area contributed by atoms with Crippen molar-refractivity contribution < 1.29 is 9.53 Å². The molecule has 1 atom stereocenters. The predicted molar refractivity (Wildman–Crippen MR) is 123 cm³/mol. The van der Waals surface area contributed by atoms with Crippen molar-refractivity contribution >= 4 is 17.6 Å². The van der Waals surface area contributed by atoms with E-state index in [0.717, 1.165) is 30.2 Å². The third-order valence-electron chi connectivity index (χ3n) is 4.50. The minimum absolute atomic E-state index is 0.0450. The first-order valence-electron chi connectivity index (χ1n) is 10.6. The second kappa shape index (κ2) is 13.4. The molecule has 0 aliphatic carbocycles. The molecule has 0 aliphatic rings. The molecule has 1 unspecified atom stereocenters. The first kappa shape index (κ1) is 23.4. The van der Waals surface area contributed by atoms with E-state index in [4.69, 9.17) is 4.74 Å². The lowest BCUT2D eigenvalue weighted by molar-refractivity contribution is -0.116. The van der Waals surface area contributed by atoms with Crippen molar-refractivity contribution in [3.63, 3.8) is 0 Å². The van der Waals surface area contributed by atoms with Gasteiger partial charge in [-0.2, -0.15) is 0 Å². The summed E-state index contributed by atoms with van der Waals surface area (Å²) in [6, 6.07) is 18.0. The quantitative estimate of drug-likeness (QED) is 0.387. The Bertz CT molecular complexity index is 793. The minimum Gasteiger partial charge on any atom is -0.376 e. The van der Waals surface area contributed by atoms with Gasteiger partial charge in [-0.3, -0.25) is 9.79 Å². The summed E-state index contributed by atoms with van der Waals surface area (Å²) in [5, 5.41) is 9.58. The molecule has 162 valence electrons. The van der Waals surface area contributed by atoms with Gasteiger partial charge in [0.1, 0.15) is 0 Å². The molecule has 2 aromatic carbocycles. The zero-order chi connectivity index (χ0) is 21.6. The summed E-state index contributed by atoms with van der Waals surface area (Å²) in [5.41, 5.74) is 3.08. The van der Waals surface area contributed by atoms with Crippen molar-refractivity contribution in [3.05, 3.63) is 65.7 Å². The highest BCUT2D eigenvalue weighted by Crippen LogP contribution is 2.11. The van der Waals surface area contributed by atoms with Crippen LogP contribution >= 0.6 is 0 Å². The molecule has 0 heterocycles. The number of carbonyl (C=O) groups excluding carboxylic acids is 1. The molecular weight excluding hydrogens is 376 g/mol. The summed E-state index contributed by atoms with van der Waals surface area (Å²) in [6.07, 6.45) is 1.37. The minimum atomic E-state index is 0.0450. The van der Waals surface area contributed by atoms with E-state index in [2.05, 4.69) is 40.0 Å². The maximum Gasteiger partial charge on any atom is 0.224 e. The van der Waals surface area contributed by atoms with E-state index < -0.39 is 0 Å². The highest BCUT2D eigenvalue weighted by molar-refractivity contribution is 5.90. The number of carbonyl (C=O) groups is 1. The van der Waals surface area contributed by atoms with Crippen LogP contribution in [-0.4, -0.2) is 32.1 Å². The Kier molecular flexibility index (Phi) is 10.4. The molecule has 0 spiro atoms. The van der Waals surface area contributed by atoms with E-state index in [1.54, 1.807) is 7.05 Å². The van der Waals surface area contributed by atoms with E-state index in [9.17, 15) is 4.79 Å². The van der Waals surface area contributed by atoms with Gasteiger partial charge in [-0.1, -0.05) is 56.3 Å². The topological polar surface area (TPSA) is 74.8 Å². The zero-order valence-corrected chi connectivity index (χ0v) is 18.3. The molecule has 0 radical (unpaired) electrons. The van der Waals surface area contributed by atoms with Gasteiger partial charge in [-0.05, 0) is 35.6 Å². The van der Waals surface area contributed by atoms with Crippen LogP contribution in [-0.2, 0) is 22.7 Å². The van der Waals surface area contributed by atoms with E-state index in [0.29, 0.717) is 32.1 Å². The number of nitrogens with zero attached hydrogens (tertiary/aromatic N) is 1. The maximum absolute atomic E-state index is 11.8. The van der Waals surface area contributed by atoms with Crippen LogP contribution in [0.4, 0.5) is 5.69 Å². The normalized spacial score (nSPS) is 12.3.